The van der Waals surface area contributed by atoms with Crippen LogP contribution in [0, 0.1) is 12.8 Å². The highest BCUT2D eigenvalue weighted by Crippen LogP contribution is 2.20. The molecule has 3 aromatic heterocycles. The van der Waals surface area contributed by atoms with E-state index in [1.165, 1.54) is 0 Å². The van der Waals surface area contributed by atoms with Gasteiger partial charge in [0.15, 0.2) is 5.76 Å². The van der Waals surface area contributed by atoms with Gasteiger partial charge in [0, 0.05) is 31.2 Å². The Morgan fingerprint density at radius 1 is 1.30 bits per heavy atom. The lowest BCUT2D eigenvalue weighted by molar-refractivity contribution is -0.122. The lowest BCUT2D eigenvalue weighted by Gasteiger charge is -2.17. The molecule has 0 aromatic carbocycles. The minimum Gasteiger partial charge on any atom is -0.461 e. The number of nitrogens with zero attached hydrogens (tertiary/aromatic N) is 3. The van der Waals surface area contributed by atoms with Gasteiger partial charge >= 0.3 is 0 Å². The molecule has 1 N–H and O–H groups in total. The minimum atomic E-state index is -0.0815. The predicted octanol–water partition coefficient (Wildman–Crippen LogP) is 1.93. The number of carbonyl (C=O) groups excluding carboxylic acids is 1. The van der Waals surface area contributed by atoms with Gasteiger partial charge in [0.25, 0.3) is 0 Å². The zero-order valence-corrected chi connectivity index (χ0v) is 14.9. The number of ether oxygens (including phenoxy) is 1. The summed E-state index contributed by atoms with van der Waals surface area (Å²) in [7, 11) is 0. The fourth-order valence-corrected chi connectivity index (χ4v) is 3.09. The highest BCUT2D eigenvalue weighted by molar-refractivity contribution is 5.76. The Hall–Kier alpha value is -2.94. The Bertz CT molecular complexity index is 885. The van der Waals surface area contributed by atoms with Gasteiger partial charge in [-0.2, -0.15) is 4.98 Å². The highest BCUT2D eigenvalue weighted by atomic mass is 16.5. The Labute approximate surface area is 155 Å². The third-order valence-electron chi connectivity index (χ3n) is 4.46. The molecule has 0 saturated carbocycles. The summed E-state index contributed by atoms with van der Waals surface area (Å²) in [5.41, 5.74) is 0.845. The van der Waals surface area contributed by atoms with Crippen molar-refractivity contribution in [1.29, 1.82) is 0 Å². The van der Waals surface area contributed by atoms with Crippen molar-refractivity contribution in [2.45, 2.75) is 32.2 Å². The summed E-state index contributed by atoms with van der Waals surface area (Å²) in [4.78, 5) is 16.5. The van der Waals surface area contributed by atoms with Crippen LogP contribution in [0.2, 0.25) is 0 Å². The van der Waals surface area contributed by atoms with Gasteiger partial charge in [0.1, 0.15) is 5.76 Å². The molecular formula is C18H20N4O5. The van der Waals surface area contributed by atoms with E-state index in [2.05, 4.69) is 20.6 Å². The maximum absolute atomic E-state index is 12.3. The van der Waals surface area contributed by atoms with Gasteiger partial charge in [0.05, 0.1) is 31.2 Å². The summed E-state index contributed by atoms with van der Waals surface area (Å²) in [6.45, 7) is 2.96. The second-order valence-corrected chi connectivity index (χ2v) is 6.60. The van der Waals surface area contributed by atoms with Gasteiger partial charge in [-0.25, -0.2) is 0 Å². The first-order chi connectivity index (χ1) is 13.2. The average Bonchev–Trinajstić information content (AvgIpc) is 3.42. The van der Waals surface area contributed by atoms with Crippen molar-refractivity contribution in [1.82, 2.24) is 20.6 Å². The van der Waals surface area contributed by atoms with Crippen molar-refractivity contribution < 1.29 is 23.0 Å². The van der Waals surface area contributed by atoms with Crippen LogP contribution in [-0.2, 0) is 22.4 Å². The van der Waals surface area contributed by atoms with Gasteiger partial charge < -0.3 is 23.5 Å². The van der Waals surface area contributed by atoms with Crippen LogP contribution in [0.5, 0.6) is 0 Å². The van der Waals surface area contributed by atoms with Gasteiger partial charge in [-0.3, -0.25) is 4.79 Å². The van der Waals surface area contributed by atoms with Crippen LogP contribution in [0.4, 0.5) is 0 Å². The summed E-state index contributed by atoms with van der Waals surface area (Å²) < 4.78 is 21.2. The number of hydrogen-bond acceptors (Lipinski definition) is 8. The van der Waals surface area contributed by atoms with Crippen molar-refractivity contribution in [3.63, 3.8) is 0 Å². The lowest BCUT2D eigenvalue weighted by Crippen LogP contribution is -2.40. The zero-order valence-electron chi connectivity index (χ0n) is 14.9. The van der Waals surface area contributed by atoms with E-state index in [-0.39, 0.29) is 24.3 Å². The maximum Gasteiger partial charge on any atom is 0.238 e. The summed E-state index contributed by atoms with van der Waals surface area (Å²) in [6.07, 6.45) is 2.84. The van der Waals surface area contributed by atoms with Crippen LogP contribution in [0.25, 0.3) is 11.6 Å². The molecule has 4 rings (SSSR count). The highest BCUT2D eigenvalue weighted by Gasteiger charge is 2.30. The molecule has 3 aromatic rings. The SMILES string of the molecule is Cc1cc(C[C@@H]2COC[C@@H]2NC(=O)CCc2nc(-c3ccco3)no2)on1. The normalized spacial score (nSPS) is 19.4. The van der Waals surface area contributed by atoms with E-state index in [1.54, 1.807) is 18.4 Å². The molecular weight excluding hydrogens is 352 g/mol. The number of furan rings is 1. The molecule has 1 aliphatic rings. The molecule has 9 nitrogen and oxygen atoms in total. The fourth-order valence-electron chi connectivity index (χ4n) is 3.09. The molecule has 2 atom stereocenters. The van der Waals surface area contributed by atoms with E-state index in [4.69, 9.17) is 18.2 Å². The molecule has 0 unspecified atom stereocenters. The maximum atomic E-state index is 12.3. The average molecular weight is 372 g/mol. The number of aryl methyl sites for hydroxylation is 2. The third kappa shape index (κ3) is 4.25. The molecule has 9 heteroatoms. The second-order valence-electron chi connectivity index (χ2n) is 6.60. The van der Waals surface area contributed by atoms with Crippen LogP contribution < -0.4 is 5.32 Å². The lowest BCUT2D eigenvalue weighted by atomic mass is 9.98. The van der Waals surface area contributed by atoms with Crippen molar-refractivity contribution >= 4 is 5.91 Å². The molecule has 1 fully saturated rings. The number of aromatic nitrogens is 3. The Kier molecular flexibility index (Phi) is 5.01. The largest absolute Gasteiger partial charge is 0.461 e. The van der Waals surface area contributed by atoms with Crippen LogP contribution >= 0.6 is 0 Å². The molecule has 142 valence electrons. The Morgan fingerprint density at radius 3 is 3.00 bits per heavy atom. The molecule has 0 aliphatic carbocycles. The van der Waals surface area contributed by atoms with Crippen molar-refractivity contribution in [2.75, 3.05) is 13.2 Å². The first-order valence-electron chi connectivity index (χ1n) is 8.83. The number of amides is 1. The van der Waals surface area contributed by atoms with Crippen LogP contribution in [0.1, 0.15) is 23.8 Å². The smallest absolute Gasteiger partial charge is 0.238 e. The van der Waals surface area contributed by atoms with E-state index >= 15 is 0 Å². The number of nitrogens with one attached hydrogen (secondary N) is 1. The van der Waals surface area contributed by atoms with Gasteiger partial charge in [-0.05, 0) is 19.1 Å². The van der Waals surface area contributed by atoms with E-state index in [0.29, 0.717) is 43.5 Å². The Morgan fingerprint density at radius 2 is 2.22 bits per heavy atom. The zero-order chi connectivity index (χ0) is 18.6. The molecule has 27 heavy (non-hydrogen) atoms. The van der Waals surface area contributed by atoms with E-state index in [9.17, 15) is 4.79 Å². The van der Waals surface area contributed by atoms with Crippen LogP contribution in [-0.4, -0.2) is 40.5 Å². The summed E-state index contributed by atoms with van der Waals surface area (Å²) in [5.74, 6) is 2.19. The topological polar surface area (TPSA) is 116 Å². The summed E-state index contributed by atoms with van der Waals surface area (Å²) in [5, 5.41) is 10.8. The second kappa shape index (κ2) is 7.75. The molecule has 0 bridgehead atoms. The summed E-state index contributed by atoms with van der Waals surface area (Å²) in [6, 6.07) is 5.35. The molecule has 0 radical (unpaired) electrons. The monoisotopic (exact) mass is 372 g/mol. The van der Waals surface area contributed by atoms with Gasteiger partial charge in [-0.15, -0.1) is 0 Å². The van der Waals surface area contributed by atoms with Gasteiger partial charge in [-0.1, -0.05) is 10.3 Å². The Balaban J connectivity index is 1.27. The van der Waals surface area contributed by atoms with Crippen LogP contribution in [0.15, 0.2) is 37.9 Å². The van der Waals surface area contributed by atoms with Crippen molar-refractivity contribution in [3.8, 4) is 11.6 Å². The fraction of sp³-hybridized carbons (Fsp3) is 0.444. The molecule has 4 heterocycles. The van der Waals surface area contributed by atoms with E-state index in [0.717, 1.165) is 11.5 Å². The standard InChI is InChI=1S/C18H20N4O5/c1-11-7-13(26-21-11)8-12-9-24-10-14(12)19-16(23)4-5-17-20-18(22-27-17)15-3-2-6-25-15/h2-3,6-7,12,14H,4-5,8-10H2,1H3,(H,19,23)/t12-,14+/m1/s1. The minimum absolute atomic E-state index is 0.0516. The quantitative estimate of drug-likeness (QED) is 0.669. The molecule has 1 saturated heterocycles. The number of hydrogen-bond donors (Lipinski definition) is 1. The van der Waals surface area contributed by atoms with Crippen LogP contribution in [0.3, 0.4) is 0 Å². The molecule has 1 aliphatic heterocycles. The third-order valence-corrected chi connectivity index (χ3v) is 4.46. The first kappa shape index (κ1) is 17.5. The summed E-state index contributed by atoms with van der Waals surface area (Å²) >= 11 is 0. The van der Waals surface area contributed by atoms with Crippen molar-refractivity contribution in [2.24, 2.45) is 5.92 Å². The molecule has 1 amide bonds. The predicted molar refractivity (Wildman–Crippen MR) is 91.5 cm³/mol. The van der Waals surface area contributed by atoms with Crippen molar-refractivity contribution in [3.05, 3.63) is 41.8 Å². The molecule has 0 spiro atoms. The van der Waals surface area contributed by atoms with Gasteiger partial charge in [0.2, 0.25) is 17.6 Å². The number of carbonyl (C=O) groups is 1. The van der Waals surface area contributed by atoms with E-state index in [1.807, 2.05) is 13.0 Å². The number of rotatable bonds is 7. The van der Waals surface area contributed by atoms with E-state index < -0.39 is 0 Å². The first-order valence-corrected chi connectivity index (χ1v) is 8.83.